The maximum absolute atomic E-state index is 12.7. The van der Waals surface area contributed by atoms with Gasteiger partial charge >= 0.3 is 0 Å². The van der Waals surface area contributed by atoms with Gasteiger partial charge in [0, 0.05) is 37.9 Å². The van der Waals surface area contributed by atoms with Crippen LogP contribution in [0.5, 0.6) is 0 Å². The second kappa shape index (κ2) is 8.37. The van der Waals surface area contributed by atoms with Crippen LogP contribution in [0, 0.1) is 18.3 Å². The molecule has 164 valence electrons. The van der Waals surface area contributed by atoms with Gasteiger partial charge in [-0.25, -0.2) is 9.97 Å². The molecule has 2 aliphatic rings. The molecule has 1 amide bonds. The highest BCUT2D eigenvalue weighted by Gasteiger charge is 2.32. The number of benzene rings is 1. The molecular formula is C23H25N7OS. The SMILES string of the molecule is Cc1cnc2c(N)c(C(=O)NCCc3ccc(N4CC5CCC(C4)N5)c(C#N)c3)sc2n1. The summed E-state index contributed by atoms with van der Waals surface area (Å²) < 4.78 is 0. The van der Waals surface area contributed by atoms with Crippen molar-refractivity contribution in [2.75, 3.05) is 30.3 Å². The second-order valence-electron chi connectivity index (χ2n) is 8.52. The summed E-state index contributed by atoms with van der Waals surface area (Å²) in [5.74, 6) is -0.224. The molecule has 9 heteroatoms. The van der Waals surface area contributed by atoms with E-state index in [0.29, 0.717) is 51.5 Å². The second-order valence-corrected chi connectivity index (χ2v) is 9.52. The summed E-state index contributed by atoms with van der Waals surface area (Å²) in [7, 11) is 0. The van der Waals surface area contributed by atoms with Gasteiger partial charge in [0.05, 0.1) is 22.6 Å². The lowest BCUT2D eigenvalue weighted by atomic mass is 10.0. The molecule has 2 fully saturated rings. The van der Waals surface area contributed by atoms with Crippen LogP contribution in [0.4, 0.5) is 11.4 Å². The molecule has 4 heterocycles. The van der Waals surface area contributed by atoms with Crippen LogP contribution >= 0.6 is 11.3 Å². The molecule has 0 aliphatic carbocycles. The summed E-state index contributed by atoms with van der Waals surface area (Å²) in [4.78, 5) is 24.8. The number of nitriles is 1. The molecule has 0 radical (unpaired) electrons. The molecule has 2 unspecified atom stereocenters. The number of thiophene rings is 1. The number of nitrogens with two attached hydrogens (primary N) is 1. The molecule has 4 N–H and O–H groups in total. The van der Waals surface area contributed by atoms with Crippen LogP contribution in [0.2, 0.25) is 0 Å². The van der Waals surface area contributed by atoms with E-state index in [4.69, 9.17) is 5.73 Å². The first kappa shape index (κ1) is 20.7. The van der Waals surface area contributed by atoms with E-state index in [9.17, 15) is 10.1 Å². The summed E-state index contributed by atoms with van der Waals surface area (Å²) in [6.45, 7) is 4.20. The number of anilines is 2. The first-order chi connectivity index (χ1) is 15.5. The number of carbonyl (C=O) groups is 1. The highest BCUT2D eigenvalue weighted by Crippen LogP contribution is 2.31. The highest BCUT2D eigenvalue weighted by molar-refractivity contribution is 7.21. The van der Waals surface area contributed by atoms with E-state index in [1.165, 1.54) is 24.2 Å². The molecule has 5 rings (SSSR count). The van der Waals surface area contributed by atoms with Crippen LogP contribution in [-0.4, -0.2) is 47.6 Å². The van der Waals surface area contributed by atoms with Gasteiger partial charge in [-0.15, -0.1) is 11.3 Å². The van der Waals surface area contributed by atoms with E-state index in [0.717, 1.165) is 30.0 Å². The summed E-state index contributed by atoms with van der Waals surface area (Å²) in [6, 6.07) is 9.43. The van der Waals surface area contributed by atoms with Gasteiger partial charge in [0.25, 0.3) is 5.91 Å². The monoisotopic (exact) mass is 447 g/mol. The highest BCUT2D eigenvalue weighted by atomic mass is 32.1. The Morgan fingerprint density at radius 3 is 2.91 bits per heavy atom. The predicted octanol–water partition coefficient (Wildman–Crippen LogP) is 2.37. The number of aryl methyl sites for hydroxylation is 1. The van der Waals surface area contributed by atoms with Gasteiger partial charge in [-0.1, -0.05) is 6.07 Å². The Kier molecular flexibility index (Phi) is 5.41. The van der Waals surface area contributed by atoms with Crippen molar-refractivity contribution in [3.8, 4) is 6.07 Å². The predicted molar refractivity (Wildman–Crippen MR) is 126 cm³/mol. The Labute approximate surface area is 190 Å². The molecule has 0 saturated carbocycles. The third-order valence-electron chi connectivity index (χ3n) is 6.20. The standard InChI is InChI=1S/C23H25N7OS/c1-13-10-27-20-19(25)21(32-23(20)28-13)22(31)26-7-6-14-2-5-18(15(8-14)9-24)30-11-16-3-4-17(12-30)29-16/h2,5,8,10,16-17,29H,3-4,6-7,11-12,25H2,1H3,(H,26,31). The molecule has 2 bridgehead atoms. The van der Waals surface area contributed by atoms with Gasteiger partial charge < -0.3 is 21.3 Å². The van der Waals surface area contributed by atoms with Gasteiger partial charge in [0.15, 0.2) is 0 Å². The fraction of sp³-hybridized carbons (Fsp3) is 0.391. The van der Waals surface area contributed by atoms with Crippen molar-refractivity contribution in [2.45, 2.75) is 38.3 Å². The minimum absolute atomic E-state index is 0.224. The number of hydrogen-bond acceptors (Lipinski definition) is 8. The number of carbonyl (C=O) groups excluding carboxylic acids is 1. The van der Waals surface area contributed by atoms with E-state index >= 15 is 0 Å². The Bertz CT molecular complexity index is 1220. The zero-order valence-electron chi connectivity index (χ0n) is 17.9. The fourth-order valence-corrected chi connectivity index (χ4v) is 5.65. The molecule has 2 aliphatic heterocycles. The van der Waals surface area contributed by atoms with Crippen molar-refractivity contribution in [1.29, 1.82) is 5.26 Å². The topological polar surface area (TPSA) is 120 Å². The number of hydrogen-bond donors (Lipinski definition) is 3. The van der Waals surface area contributed by atoms with E-state index in [1.54, 1.807) is 6.20 Å². The normalized spacial score (nSPS) is 19.8. The number of amides is 1. The molecule has 2 atom stereocenters. The fourth-order valence-electron chi connectivity index (χ4n) is 4.64. The number of nitrogens with zero attached hydrogens (tertiary/aromatic N) is 4. The number of aromatic nitrogens is 2. The lowest BCUT2D eigenvalue weighted by molar-refractivity contribution is 0.0959. The van der Waals surface area contributed by atoms with Crippen LogP contribution in [0.25, 0.3) is 10.3 Å². The molecular weight excluding hydrogens is 422 g/mol. The summed E-state index contributed by atoms with van der Waals surface area (Å²) in [5, 5.41) is 16.3. The average molecular weight is 448 g/mol. The molecule has 1 aromatic carbocycles. The maximum atomic E-state index is 12.7. The van der Waals surface area contributed by atoms with Crippen molar-refractivity contribution in [3.63, 3.8) is 0 Å². The number of nitrogen functional groups attached to an aromatic ring is 1. The summed E-state index contributed by atoms with van der Waals surface area (Å²) in [6.07, 6.45) is 4.69. The minimum Gasteiger partial charge on any atom is -0.396 e. The van der Waals surface area contributed by atoms with Crippen molar-refractivity contribution in [1.82, 2.24) is 20.6 Å². The molecule has 2 saturated heterocycles. The Morgan fingerprint density at radius 2 is 2.16 bits per heavy atom. The van der Waals surface area contributed by atoms with Gasteiger partial charge in [-0.05, 0) is 43.9 Å². The first-order valence-electron chi connectivity index (χ1n) is 10.9. The number of fused-ring (bicyclic) bond motifs is 3. The Morgan fingerprint density at radius 1 is 1.38 bits per heavy atom. The Hall–Kier alpha value is -3.22. The molecule has 0 spiro atoms. The van der Waals surface area contributed by atoms with Crippen LogP contribution in [0.3, 0.4) is 0 Å². The van der Waals surface area contributed by atoms with Gasteiger partial charge in [0.1, 0.15) is 21.3 Å². The van der Waals surface area contributed by atoms with Crippen LogP contribution in [0.15, 0.2) is 24.4 Å². The zero-order valence-corrected chi connectivity index (χ0v) is 18.7. The van der Waals surface area contributed by atoms with E-state index in [-0.39, 0.29) is 5.91 Å². The lowest BCUT2D eigenvalue weighted by Crippen LogP contribution is -2.51. The third-order valence-corrected chi connectivity index (χ3v) is 7.29. The molecule has 8 nitrogen and oxygen atoms in total. The van der Waals surface area contributed by atoms with E-state index < -0.39 is 0 Å². The van der Waals surface area contributed by atoms with Crippen LogP contribution < -0.4 is 21.3 Å². The zero-order chi connectivity index (χ0) is 22.2. The number of piperazine rings is 1. The number of nitrogens with one attached hydrogen (secondary N) is 2. The lowest BCUT2D eigenvalue weighted by Gasteiger charge is -2.35. The largest absolute Gasteiger partial charge is 0.396 e. The Balaban J connectivity index is 1.24. The van der Waals surface area contributed by atoms with Crippen LogP contribution in [-0.2, 0) is 6.42 Å². The van der Waals surface area contributed by atoms with Crippen LogP contribution in [0.1, 0.15) is 39.3 Å². The number of rotatable bonds is 5. The van der Waals surface area contributed by atoms with Crippen molar-refractivity contribution in [3.05, 3.63) is 46.1 Å². The summed E-state index contributed by atoms with van der Waals surface area (Å²) >= 11 is 1.26. The van der Waals surface area contributed by atoms with Gasteiger partial charge in [0.2, 0.25) is 0 Å². The van der Waals surface area contributed by atoms with Gasteiger partial charge in [-0.3, -0.25) is 4.79 Å². The molecule has 32 heavy (non-hydrogen) atoms. The van der Waals surface area contributed by atoms with E-state index in [2.05, 4.69) is 37.6 Å². The quantitative estimate of drug-likeness (QED) is 0.549. The van der Waals surface area contributed by atoms with Gasteiger partial charge in [-0.2, -0.15) is 5.26 Å². The van der Waals surface area contributed by atoms with E-state index in [1.807, 2.05) is 19.1 Å². The molecule has 3 aromatic rings. The first-order valence-corrected chi connectivity index (χ1v) is 11.7. The van der Waals surface area contributed by atoms with Crippen molar-refractivity contribution in [2.24, 2.45) is 0 Å². The smallest absolute Gasteiger partial charge is 0.263 e. The minimum atomic E-state index is -0.224. The molecule has 2 aromatic heterocycles. The summed E-state index contributed by atoms with van der Waals surface area (Å²) in [5.41, 5.74) is 10.6. The van der Waals surface area contributed by atoms with Crippen molar-refractivity contribution >= 4 is 39.0 Å². The van der Waals surface area contributed by atoms with Crippen molar-refractivity contribution < 1.29 is 4.79 Å². The third kappa shape index (κ3) is 3.87. The maximum Gasteiger partial charge on any atom is 0.263 e. The average Bonchev–Trinajstić information content (AvgIpc) is 3.31.